The second kappa shape index (κ2) is 11.3. The molecule has 0 aliphatic carbocycles. The molecule has 8 nitrogen and oxygen atoms in total. The van der Waals surface area contributed by atoms with Gasteiger partial charge in [-0.2, -0.15) is 0 Å². The number of methoxy groups -OCH3 is 1. The zero-order valence-corrected chi connectivity index (χ0v) is 17.0. The Bertz CT molecular complexity index is 727. The van der Waals surface area contributed by atoms with E-state index in [-0.39, 0.29) is 48.6 Å². The van der Waals surface area contributed by atoms with E-state index < -0.39 is 5.97 Å². The molecule has 0 radical (unpaired) electrons. The summed E-state index contributed by atoms with van der Waals surface area (Å²) in [6, 6.07) is -0.291. The zero-order chi connectivity index (χ0) is 17.7. The molecule has 0 aromatic carbocycles. The lowest BCUT2D eigenvalue weighted by Crippen LogP contribution is -2.32. The van der Waals surface area contributed by atoms with E-state index in [1.165, 1.54) is 0 Å². The predicted molar refractivity (Wildman–Crippen MR) is 103 cm³/mol. The third kappa shape index (κ3) is 6.07. The van der Waals surface area contributed by atoms with Crippen LogP contribution in [-0.4, -0.2) is 51.9 Å². The Morgan fingerprint density at radius 2 is 2.08 bits per heavy atom. The topological polar surface area (TPSA) is 105 Å². The molecule has 11 heteroatoms. The maximum atomic E-state index is 12.2. The SMILES string of the molecule is CCOC(=O)c1nc(-c2nc(Cl)ncc2C)cn1C[C@@H](N)COC.Cl.Cl. The predicted octanol–water partition coefficient (Wildman–Crippen LogP) is 2.30. The summed E-state index contributed by atoms with van der Waals surface area (Å²) in [5, 5.41) is 0.110. The molecule has 0 aliphatic heterocycles. The van der Waals surface area contributed by atoms with Crippen molar-refractivity contribution in [3.05, 3.63) is 29.1 Å². The summed E-state index contributed by atoms with van der Waals surface area (Å²) in [5.74, 6) is -0.362. The first-order valence-electron chi connectivity index (χ1n) is 7.44. The van der Waals surface area contributed by atoms with Gasteiger partial charge in [-0.1, -0.05) is 0 Å². The molecule has 0 spiro atoms. The lowest BCUT2D eigenvalue weighted by molar-refractivity contribution is 0.0505. The number of aromatic nitrogens is 4. The van der Waals surface area contributed by atoms with Crippen molar-refractivity contribution in [2.75, 3.05) is 20.3 Å². The van der Waals surface area contributed by atoms with Gasteiger partial charge in [0, 0.05) is 32.1 Å². The average molecular weight is 427 g/mol. The zero-order valence-electron chi connectivity index (χ0n) is 14.6. The molecular weight excluding hydrogens is 405 g/mol. The number of hydrogen-bond acceptors (Lipinski definition) is 7. The number of hydrogen-bond donors (Lipinski definition) is 1. The van der Waals surface area contributed by atoms with Crippen molar-refractivity contribution in [1.82, 2.24) is 19.5 Å². The molecule has 0 aliphatic rings. The largest absolute Gasteiger partial charge is 0.460 e. The van der Waals surface area contributed by atoms with Crippen molar-refractivity contribution in [3.63, 3.8) is 0 Å². The summed E-state index contributed by atoms with van der Waals surface area (Å²) in [5.41, 5.74) is 7.84. The Kier molecular flexibility index (Phi) is 10.7. The van der Waals surface area contributed by atoms with Crippen LogP contribution in [0.4, 0.5) is 0 Å². The smallest absolute Gasteiger partial charge is 0.374 e. The van der Waals surface area contributed by atoms with Gasteiger partial charge in [0.1, 0.15) is 5.69 Å². The lowest BCUT2D eigenvalue weighted by Gasteiger charge is -2.12. The van der Waals surface area contributed by atoms with Crippen LogP contribution < -0.4 is 5.73 Å². The molecule has 1 atom stereocenters. The molecule has 2 heterocycles. The Labute approximate surface area is 169 Å². The van der Waals surface area contributed by atoms with Crippen LogP contribution in [0.1, 0.15) is 23.1 Å². The molecule has 2 aromatic heterocycles. The van der Waals surface area contributed by atoms with Gasteiger partial charge in [-0.3, -0.25) is 0 Å². The summed E-state index contributed by atoms with van der Waals surface area (Å²) in [4.78, 5) is 24.6. The van der Waals surface area contributed by atoms with Crippen molar-refractivity contribution in [2.24, 2.45) is 5.73 Å². The Morgan fingerprint density at radius 3 is 2.69 bits per heavy atom. The van der Waals surface area contributed by atoms with E-state index in [1.54, 1.807) is 31.0 Å². The molecule has 0 amide bonds. The maximum absolute atomic E-state index is 12.2. The van der Waals surface area contributed by atoms with Gasteiger partial charge in [0.25, 0.3) is 0 Å². The molecule has 0 unspecified atom stereocenters. The minimum absolute atomic E-state index is 0. The quantitative estimate of drug-likeness (QED) is 0.535. The highest BCUT2D eigenvalue weighted by Crippen LogP contribution is 2.22. The molecule has 0 fully saturated rings. The van der Waals surface area contributed by atoms with Crippen LogP contribution in [-0.2, 0) is 16.0 Å². The number of nitrogens with zero attached hydrogens (tertiary/aromatic N) is 4. The monoisotopic (exact) mass is 425 g/mol. The number of rotatable bonds is 7. The van der Waals surface area contributed by atoms with Crippen LogP contribution >= 0.6 is 36.4 Å². The number of imidazole rings is 1. The number of aryl methyl sites for hydroxylation is 1. The van der Waals surface area contributed by atoms with Crippen molar-refractivity contribution in [1.29, 1.82) is 0 Å². The molecule has 2 rings (SSSR count). The van der Waals surface area contributed by atoms with E-state index in [4.69, 9.17) is 26.8 Å². The first-order valence-corrected chi connectivity index (χ1v) is 7.82. The number of carbonyl (C=O) groups excluding carboxylic acids is 1. The van der Waals surface area contributed by atoms with E-state index >= 15 is 0 Å². The van der Waals surface area contributed by atoms with Crippen molar-refractivity contribution in [2.45, 2.75) is 26.4 Å². The number of halogens is 3. The van der Waals surface area contributed by atoms with E-state index in [9.17, 15) is 4.79 Å². The van der Waals surface area contributed by atoms with Gasteiger partial charge in [0.15, 0.2) is 0 Å². The minimum atomic E-state index is -0.522. The van der Waals surface area contributed by atoms with Gasteiger partial charge in [-0.05, 0) is 31.0 Å². The van der Waals surface area contributed by atoms with Crippen LogP contribution in [0.25, 0.3) is 11.4 Å². The highest BCUT2D eigenvalue weighted by Gasteiger charge is 2.21. The van der Waals surface area contributed by atoms with Gasteiger partial charge >= 0.3 is 5.97 Å². The lowest BCUT2D eigenvalue weighted by atomic mass is 10.2. The molecule has 146 valence electrons. The first kappa shape index (κ1) is 24.6. The highest BCUT2D eigenvalue weighted by molar-refractivity contribution is 6.28. The second-order valence-corrected chi connectivity index (χ2v) is 5.55. The molecule has 2 N–H and O–H groups in total. The van der Waals surface area contributed by atoms with Gasteiger partial charge in [0.05, 0.1) is 18.9 Å². The first-order chi connectivity index (χ1) is 11.5. The van der Waals surface area contributed by atoms with Crippen LogP contribution in [0.15, 0.2) is 12.4 Å². The summed E-state index contributed by atoms with van der Waals surface area (Å²) < 4.78 is 11.7. The standard InChI is InChI=1S/C15H20ClN5O3.2ClH/c1-4-24-14(22)13-19-11(7-21(13)6-10(17)8-23-3)12-9(2)5-18-15(16)20-12;;/h5,7,10H,4,6,8,17H2,1-3H3;2*1H/t10-;;/m1../s1. The van der Waals surface area contributed by atoms with E-state index in [2.05, 4.69) is 15.0 Å². The summed E-state index contributed by atoms with van der Waals surface area (Å²) >= 11 is 5.87. The number of esters is 1. The normalized spacial score (nSPS) is 11.3. The van der Waals surface area contributed by atoms with Crippen LogP contribution in [0.3, 0.4) is 0 Å². The van der Waals surface area contributed by atoms with Crippen LogP contribution in [0, 0.1) is 6.92 Å². The fourth-order valence-corrected chi connectivity index (χ4v) is 2.36. The minimum Gasteiger partial charge on any atom is -0.460 e. The van der Waals surface area contributed by atoms with Crippen molar-refractivity contribution >= 4 is 42.4 Å². The van der Waals surface area contributed by atoms with E-state index in [1.807, 2.05) is 6.92 Å². The fraction of sp³-hybridized carbons (Fsp3) is 0.467. The average Bonchev–Trinajstić information content (AvgIpc) is 2.94. The van der Waals surface area contributed by atoms with E-state index in [0.717, 1.165) is 5.56 Å². The van der Waals surface area contributed by atoms with Gasteiger partial charge < -0.3 is 19.8 Å². The molecule has 0 saturated heterocycles. The maximum Gasteiger partial charge on any atom is 0.374 e. The molecule has 0 bridgehead atoms. The number of nitrogens with two attached hydrogens (primary N) is 1. The van der Waals surface area contributed by atoms with Gasteiger partial charge in [-0.15, -0.1) is 24.8 Å². The number of carbonyl (C=O) groups is 1. The molecule has 26 heavy (non-hydrogen) atoms. The Balaban J connectivity index is 0.00000312. The summed E-state index contributed by atoms with van der Waals surface area (Å²) in [6.45, 7) is 4.53. The third-order valence-corrected chi connectivity index (χ3v) is 3.41. The Morgan fingerprint density at radius 1 is 1.38 bits per heavy atom. The fourth-order valence-electron chi connectivity index (χ4n) is 2.23. The van der Waals surface area contributed by atoms with Crippen LogP contribution in [0.2, 0.25) is 5.28 Å². The number of ether oxygens (including phenoxy) is 2. The Hall–Kier alpha value is -1.45. The highest BCUT2D eigenvalue weighted by atomic mass is 35.5. The second-order valence-electron chi connectivity index (χ2n) is 5.21. The van der Waals surface area contributed by atoms with Gasteiger partial charge in [0.2, 0.25) is 11.1 Å². The molecule has 0 saturated carbocycles. The van der Waals surface area contributed by atoms with Crippen LogP contribution in [0.5, 0.6) is 0 Å². The van der Waals surface area contributed by atoms with Gasteiger partial charge in [-0.25, -0.2) is 19.7 Å². The molecule has 2 aromatic rings. The summed E-state index contributed by atoms with van der Waals surface area (Å²) in [6.07, 6.45) is 3.30. The van der Waals surface area contributed by atoms with Crippen molar-refractivity contribution in [3.8, 4) is 11.4 Å². The van der Waals surface area contributed by atoms with Crippen molar-refractivity contribution < 1.29 is 14.3 Å². The summed E-state index contributed by atoms with van der Waals surface area (Å²) in [7, 11) is 1.57. The third-order valence-electron chi connectivity index (χ3n) is 3.23. The van der Waals surface area contributed by atoms with E-state index in [0.29, 0.717) is 24.5 Å². The molecular formula is C15H22Cl3N5O3.